The standard InChI is InChI=1S/C19H24O5/c1-5-6-16(21)24-14-8-15-19(10-22-19)18(14,4)17(3)9-12(20)11(2)7-13(17)23-15/h5-7,13-15H,8-10H2,1-4H3/b6-5-/t13-,14-,15-,17+,18-,19?/m1/s1. The highest BCUT2D eigenvalue weighted by Gasteiger charge is 2.82. The highest BCUT2D eigenvalue weighted by Crippen LogP contribution is 2.71. The molecule has 1 spiro atoms. The Hall–Kier alpha value is -1.46. The number of allylic oxidation sites excluding steroid dienone is 2. The summed E-state index contributed by atoms with van der Waals surface area (Å²) in [6.45, 7) is 8.43. The lowest BCUT2D eigenvalue weighted by atomic mass is 9.52. The highest BCUT2D eigenvalue weighted by molar-refractivity contribution is 5.96. The van der Waals surface area contributed by atoms with Gasteiger partial charge in [0.05, 0.1) is 18.8 Å². The first-order chi connectivity index (χ1) is 11.3. The molecular formula is C19H24O5. The van der Waals surface area contributed by atoms with Gasteiger partial charge in [-0.05, 0) is 25.5 Å². The Morgan fingerprint density at radius 3 is 2.75 bits per heavy atom. The third-order valence-corrected chi connectivity index (χ3v) is 6.98. The van der Waals surface area contributed by atoms with Crippen LogP contribution in [0.4, 0.5) is 0 Å². The van der Waals surface area contributed by atoms with Gasteiger partial charge in [-0.2, -0.15) is 0 Å². The summed E-state index contributed by atoms with van der Waals surface area (Å²) >= 11 is 0. The molecular weight excluding hydrogens is 308 g/mol. The molecule has 3 fully saturated rings. The van der Waals surface area contributed by atoms with Crippen LogP contribution in [0.15, 0.2) is 23.8 Å². The molecule has 1 unspecified atom stereocenters. The first kappa shape index (κ1) is 16.0. The number of fused-ring (bicyclic) bond motifs is 2. The minimum atomic E-state index is -0.450. The van der Waals surface area contributed by atoms with Crippen molar-refractivity contribution in [1.82, 2.24) is 0 Å². The summed E-state index contributed by atoms with van der Waals surface area (Å²) in [4.78, 5) is 24.5. The summed E-state index contributed by atoms with van der Waals surface area (Å²) in [5.41, 5.74) is -0.569. The predicted molar refractivity (Wildman–Crippen MR) is 86.3 cm³/mol. The van der Waals surface area contributed by atoms with Crippen LogP contribution in [0.2, 0.25) is 0 Å². The molecule has 2 heterocycles. The zero-order valence-electron chi connectivity index (χ0n) is 14.6. The van der Waals surface area contributed by atoms with Crippen LogP contribution in [0.1, 0.15) is 40.5 Å². The maximum Gasteiger partial charge on any atom is 0.330 e. The molecule has 6 atom stereocenters. The van der Waals surface area contributed by atoms with Gasteiger partial charge in [0, 0.05) is 29.7 Å². The topological polar surface area (TPSA) is 65.1 Å². The third kappa shape index (κ3) is 1.72. The first-order valence-electron chi connectivity index (χ1n) is 8.63. The lowest BCUT2D eigenvalue weighted by Gasteiger charge is -2.56. The number of carbonyl (C=O) groups is 2. The fourth-order valence-electron chi connectivity index (χ4n) is 5.21. The van der Waals surface area contributed by atoms with E-state index in [9.17, 15) is 9.59 Å². The van der Waals surface area contributed by atoms with E-state index in [0.29, 0.717) is 19.4 Å². The van der Waals surface area contributed by atoms with Crippen LogP contribution in [-0.2, 0) is 23.8 Å². The second kappa shape index (κ2) is 4.79. The summed E-state index contributed by atoms with van der Waals surface area (Å²) < 4.78 is 18.1. The van der Waals surface area contributed by atoms with E-state index < -0.39 is 16.4 Å². The van der Waals surface area contributed by atoms with Crippen molar-refractivity contribution >= 4 is 11.8 Å². The van der Waals surface area contributed by atoms with Gasteiger partial charge in [-0.3, -0.25) is 4.79 Å². The number of Topliss-reactive ketones (excluding diaryl/α,β-unsaturated/α-hetero) is 1. The van der Waals surface area contributed by atoms with Gasteiger partial charge in [0.15, 0.2) is 5.78 Å². The maximum absolute atomic E-state index is 12.5. The molecule has 0 N–H and O–H groups in total. The lowest BCUT2D eigenvalue weighted by molar-refractivity contribution is -0.208. The molecule has 4 rings (SSSR count). The summed E-state index contributed by atoms with van der Waals surface area (Å²) in [5, 5.41) is 0. The Balaban J connectivity index is 1.78. The first-order valence-corrected chi connectivity index (χ1v) is 8.63. The number of esters is 1. The van der Waals surface area contributed by atoms with Crippen molar-refractivity contribution in [3.05, 3.63) is 23.8 Å². The number of ether oxygens (including phenoxy) is 3. The number of carbonyl (C=O) groups excluding carboxylic acids is 2. The van der Waals surface area contributed by atoms with E-state index in [-0.39, 0.29) is 30.1 Å². The largest absolute Gasteiger partial charge is 0.458 e. The normalized spacial score (nSPS) is 49.2. The molecule has 0 aromatic carbocycles. The van der Waals surface area contributed by atoms with E-state index in [0.717, 1.165) is 5.57 Å². The molecule has 4 aliphatic rings. The monoisotopic (exact) mass is 332 g/mol. The van der Waals surface area contributed by atoms with Crippen LogP contribution in [0, 0.1) is 10.8 Å². The SMILES string of the molecule is C/C=C\C(=O)O[C@@H]1C[C@H]2O[C@@H]3C=C(C)C(=O)C[C@]3(C)[C@]1(C)C21CO1. The average molecular weight is 332 g/mol. The molecule has 2 saturated heterocycles. The van der Waals surface area contributed by atoms with Gasteiger partial charge in [-0.1, -0.05) is 19.9 Å². The molecule has 1 saturated carbocycles. The Kier molecular flexibility index (Phi) is 3.20. The van der Waals surface area contributed by atoms with Crippen molar-refractivity contribution in [3.63, 3.8) is 0 Å². The summed E-state index contributed by atoms with van der Waals surface area (Å²) in [7, 11) is 0. The smallest absolute Gasteiger partial charge is 0.330 e. The minimum absolute atomic E-state index is 0.0961. The van der Waals surface area contributed by atoms with E-state index in [1.807, 2.05) is 13.0 Å². The Morgan fingerprint density at radius 1 is 1.42 bits per heavy atom. The van der Waals surface area contributed by atoms with Crippen LogP contribution in [-0.4, -0.2) is 42.3 Å². The number of epoxide rings is 1. The van der Waals surface area contributed by atoms with Crippen molar-refractivity contribution in [2.24, 2.45) is 10.8 Å². The molecule has 2 bridgehead atoms. The van der Waals surface area contributed by atoms with Crippen LogP contribution in [0.5, 0.6) is 0 Å². The van der Waals surface area contributed by atoms with Gasteiger partial charge >= 0.3 is 5.97 Å². The van der Waals surface area contributed by atoms with Crippen molar-refractivity contribution < 1.29 is 23.8 Å². The van der Waals surface area contributed by atoms with Gasteiger partial charge in [0.2, 0.25) is 0 Å². The maximum atomic E-state index is 12.5. The van der Waals surface area contributed by atoms with E-state index in [1.165, 1.54) is 6.08 Å². The number of ketones is 1. The highest BCUT2D eigenvalue weighted by atomic mass is 16.6. The summed E-state index contributed by atoms with van der Waals surface area (Å²) in [6.07, 6.45) is 5.51. The molecule has 2 aliphatic heterocycles. The minimum Gasteiger partial charge on any atom is -0.458 e. The Morgan fingerprint density at radius 2 is 2.12 bits per heavy atom. The van der Waals surface area contributed by atoms with Crippen LogP contribution >= 0.6 is 0 Å². The van der Waals surface area contributed by atoms with Crippen molar-refractivity contribution in [3.8, 4) is 0 Å². The third-order valence-electron chi connectivity index (χ3n) is 6.98. The van der Waals surface area contributed by atoms with Gasteiger partial charge in [0.25, 0.3) is 0 Å². The lowest BCUT2D eigenvalue weighted by Crippen LogP contribution is -2.64. The van der Waals surface area contributed by atoms with Gasteiger partial charge in [-0.15, -0.1) is 0 Å². The van der Waals surface area contributed by atoms with Crippen LogP contribution < -0.4 is 0 Å². The van der Waals surface area contributed by atoms with Crippen LogP contribution in [0.25, 0.3) is 0 Å². The zero-order chi connectivity index (χ0) is 17.3. The van der Waals surface area contributed by atoms with Crippen LogP contribution in [0.3, 0.4) is 0 Å². The average Bonchev–Trinajstić information content (AvgIpc) is 3.27. The quantitative estimate of drug-likeness (QED) is 0.441. The van der Waals surface area contributed by atoms with E-state index in [4.69, 9.17) is 14.2 Å². The number of rotatable bonds is 2. The second-order valence-electron chi connectivity index (χ2n) is 7.95. The molecule has 0 amide bonds. The Bertz CT molecular complexity index is 673. The predicted octanol–water partition coefficient (Wildman–Crippen LogP) is 2.35. The summed E-state index contributed by atoms with van der Waals surface area (Å²) in [6, 6.07) is 0. The Labute approximate surface area is 142 Å². The molecule has 0 aromatic rings. The molecule has 0 aromatic heterocycles. The van der Waals surface area contributed by atoms with E-state index in [2.05, 4.69) is 13.8 Å². The summed E-state index contributed by atoms with van der Waals surface area (Å²) in [5.74, 6) is -0.209. The molecule has 5 heteroatoms. The van der Waals surface area contributed by atoms with E-state index in [1.54, 1.807) is 13.0 Å². The molecule has 130 valence electrons. The van der Waals surface area contributed by atoms with E-state index >= 15 is 0 Å². The van der Waals surface area contributed by atoms with Gasteiger partial charge < -0.3 is 14.2 Å². The van der Waals surface area contributed by atoms with Crippen molar-refractivity contribution in [1.29, 1.82) is 0 Å². The molecule has 0 radical (unpaired) electrons. The van der Waals surface area contributed by atoms with Crippen molar-refractivity contribution in [2.45, 2.75) is 64.4 Å². The fourth-order valence-corrected chi connectivity index (χ4v) is 5.21. The number of hydrogen-bond acceptors (Lipinski definition) is 5. The second-order valence-corrected chi connectivity index (χ2v) is 7.95. The molecule has 24 heavy (non-hydrogen) atoms. The van der Waals surface area contributed by atoms with Gasteiger partial charge in [0.1, 0.15) is 11.7 Å². The molecule has 5 nitrogen and oxygen atoms in total. The van der Waals surface area contributed by atoms with Crippen molar-refractivity contribution in [2.75, 3.05) is 6.61 Å². The molecule has 2 aliphatic carbocycles. The zero-order valence-corrected chi connectivity index (χ0v) is 14.6. The fraction of sp³-hybridized carbons (Fsp3) is 0.684. The van der Waals surface area contributed by atoms with Gasteiger partial charge in [-0.25, -0.2) is 4.79 Å². The number of hydrogen-bond donors (Lipinski definition) is 0.